The molecule has 0 aromatic carbocycles. The van der Waals surface area contributed by atoms with Crippen LogP contribution in [0.3, 0.4) is 0 Å². The molecule has 6 heteroatoms. The van der Waals surface area contributed by atoms with Gasteiger partial charge in [0.15, 0.2) is 0 Å². The smallest absolute Gasteiger partial charge is 0.263 e. The van der Waals surface area contributed by atoms with Crippen molar-refractivity contribution < 1.29 is 9.72 Å². The average Bonchev–Trinajstić information content (AvgIpc) is 2.06. The maximum Gasteiger partial charge on any atom is 0.263 e. The van der Waals surface area contributed by atoms with E-state index in [9.17, 15) is 10.1 Å². The van der Waals surface area contributed by atoms with Crippen molar-refractivity contribution in [3.63, 3.8) is 0 Å². The number of carbonyl (C=O) groups excluding carboxylic acids is 1. The van der Waals surface area contributed by atoms with Crippen molar-refractivity contribution in [1.29, 1.82) is 0 Å². The summed E-state index contributed by atoms with van der Waals surface area (Å²) in [6.45, 7) is 2.30. The van der Waals surface area contributed by atoms with Crippen molar-refractivity contribution in [1.82, 2.24) is 5.32 Å². The van der Waals surface area contributed by atoms with Crippen LogP contribution in [0.5, 0.6) is 0 Å². The summed E-state index contributed by atoms with van der Waals surface area (Å²) in [5.74, 6) is 0.979. The maximum atomic E-state index is 9.94. The number of nitrogens with one attached hydrogen (secondary N) is 1. The van der Waals surface area contributed by atoms with E-state index in [1.807, 2.05) is 0 Å². The molecular formula is C7H12N2O3S. The summed E-state index contributed by atoms with van der Waals surface area (Å²) in [4.78, 5) is 18.3. The second-order valence-corrected chi connectivity index (χ2v) is 3.28. The van der Waals surface area contributed by atoms with E-state index in [-0.39, 0.29) is 0 Å². The molecule has 0 radical (unpaired) electrons. The largest absolute Gasteiger partial charge is 0.375 e. The Labute approximate surface area is 80.7 Å². The fraction of sp³-hybridized carbons (Fsp3) is 0.571. The van der Waals surface area contributed by atoms with Gasteiger partial charge in [-0.2, -0.15) is 0 Å². The van der Waals surface area contributed by atoms with Crippen LogP contribution in [0.2, 0.25) is 0 Å². The van der Waals surface area contributed by atoms with Crippen molar-refractivity contribution >= 4 is 18.0 Å². The molecule has 0 spiro atoms. The zero-order valence-corrected chi connectivity index (χ0v) is 8.17. The second-order valence-electron chi connectivity index (χ2n) is 2.14. The molecule has 0 bridgehead atoms. The molecular weight excluding hydrogens is 192 g/mol. The first-order valence-electron chi connectivity index (χ1n) is 3.82. The van der Waals surface area contributed by atoms with E-state index in [2.05, 4.69) is 5.32 Å². The first kappa shape index (κ1) is 12.0. The van der Waals surface area contributed by atoms with Gasteiger partial charge >= 0.3 is 0 Å². The molecule has 1 heterocycles. The zero-order chi connectivity index (χ0) is 10.1. The van der Waals surface area contributed by atoms with Crippen LogP contribution in [0.4, 0.5) is 0 Å². The van der Waals surface area contributed by atoms with E-state index in [0.717, 1.165) is 31.2 Å². The molecule has 0 aliphatic carbocycles. The third-order valence-electron chi connectivity index (χ3n) is 1.10. The summed E-state index contributed by atoms with van der Waals surface area (Å²) in [5.41, 5.74) is 0. The molecule has 5 nitrogen and oxygen atoms in total. The highest BCUT2D eigenvalue weighted by atomic mass is 32.2. The predicted octanol–water partition coefficient (Wildman–Crippen LogP) is 0.994. The quantitative estimate of drug-likeness (QED) is 0.392. The van der Waals surface area contributed by atoms with Crippen LogP contribution >= 0.6 is 11.8 Å². The number of nitrogens with zero attached hydrogens (tertiary/aromatic N) is 1. The van der Waals surface area contributed by atoms with E-state index in [0.29, 0.717) is 5.03 Å². The first-order valence-corrected chi connectivity index (χ1v) is 4.81. The van der Waals surface area contributed by atoms with Gasteiger partial charge in [0.05, 0.1) is 4.92 Å². The highest BCUT2D eigenvalue weighted by Gasteiger charge is 2.07. The fourth-order valence-corrected chi connectivity index (χ4v) is 1.57. The van der Waals surface area contributed by atoms with Crippen LogP contribution in [0.1, 0.15) is 13.3 Å². The Hall–Kier alpha value is -1.04. The standard InChI is InChI=1S/C5H8N2O2S.C2H4O/c8-7(9)4-5-6-2-1-3-10-5;1-2-3/h4,6H,1-3H2;2H,1H3. The number of rotatable bonds is 1. The normalized spacial score (nSPS) is 18.1. The van der Waals surface area contributed by atoms with Crippen LogP contribution in [0.25, 0.3) is 0 Å². The highest BCUT2D eigenvalue weighted by molar-refractivity contribution is 8.03. The summed E-state index contributed by atoms with van der Waals surface area (Å²) in [6.07, 6.45) is 2.85. The van der Waals surface area contributed by atoms with E-state index in [1.165, 1.54) is 18.7 Å². The molecule has 1 N–H and O–H groups in total. The molecule has 74 valence electrons. The number of hydrogen-bond donors (Lipinski definition) is 1. The lowest BCUT2D eigenvalue weighted by Gasteiger charge is -2.12. The SMILES string of the molecule is CC=O.O=[N+]([O-])C=C1NCCCS1. The minimum absolute atomic E-state index is 0.430. The first-order chi connectivity index (χ1) is 6.20. The molecule has 1 fully saturated rings. The Bertz CT molecular complexity index is 198. The van der Waals surface area contributed by atoms with Gasteiger partial charge in [0.2, 0.25) is 0 Å². The number of carbonyl (C=O) groups is 1. The topological polar surface area (TPSA) is 72.2 Å². The molecule has 0 amide bonds. The van der Waals surface area contributed by atoms with Crippen LogP contribution in [-0.2, 0) is 4.79 Å². The zero-order valence-electron chi connectivity index (χ0n) is 7.36. The third-order valence-corrected chi connectivity index (χ3v) is 2.15. The van der Waals surface area contributed by atoms with Gasteiger partial charge in [-0.05, 0) is 13.3 Å². The summed E-state index contributed by atoms with van der Waals surface area (Å²) in [5, 5.41) is 13.6. The van der Waals surface area contributed by atoms with Crippen LogP contribution in [0, 0.1) is 10.1 Å². The third kappa shape index (κ3) is 7.32. The molecule has 1 rings (SSSR count). The summed E-state index contributed by atoms with van der Waals surface area (Å²) in [7, 11) is 0. The predicted molar refractivity (Wildman–Crippen MR) is 51.9 cm³/mol. The van der Waals surface area contributed by atoms with Crippen LogP contribution in [0.15, 0.2) is 11.2 Å². The lowest BCUT2D eigenvalue weighted by molar-refractivity contribution is -0.403. The number of nitro groups is 1. The van der Waals surface area contributed by atoms with Gasteiger partial charge < -0.3 is 10.1 Å². The molecule has 0 atom stereocenters. The lowest BCUT2D eigenvalue weighted by Crippen LogP contribution is -2.19. The van der Waals surface area contributed by atoms with Gasteiger partial charge in [-0.15, -0.1) is 11.8 Å². The Morgan fingerprint density at radius 2 is 2.31 bits per heavy atom. The molecule has 1 aliphatic heterocycles. The molecule has 13 heavy (non-hydrogen) atoms. The van der Waals surface area contributed by atoms with E-state index in [1.54, 1.807) is 0 Å². The van der Waals surface area contributed by atoms with Crippen molar-refractivity contribution in [2.45, 2.75) is 13.3 Å². The number of thioether (sulfide) groups is 1. The number of hydrogen-bond acceptors (Lipinski definition) is 5. The summed E-state index contributed by atoms with van der Waals surface area (Å²) >= 11 is 1.50. The number of aldehydes is 1. The van der Waals surface area contributed by atoms with Crippen LogP contribution in [-0.4, -0.2) is 23.5 Å². The van der Waals surface area contributed by atoms with E-state index >= 15 is 0 Å². The Morgan fingerprint density at radius 3 is 2.69 bits per heavy atom. The molecule has 0 unspecified atom stereocenters. The van der Waals surface area contributed by atoms with E-state index < -0.39 is 4.92 Å². The summed E-state index contributed by atoms with van der Waals surface area (Å²) < 4.78 is 0. The van der Waals surface area contributed by atoms with Crippen molar-refractivity contribution in [3.05, 3.63) is 21.3 Å². The Kier molecular flexibility index (Phi) is 6.99. The van der Waals surface area contributed by atoms with Crippen molar-refractivity contribution in [3.8, 4) is 0 Å². The molecule has 1 saturated heterocycles. The summed E-state index contributed by atoms with van der Waals surface area (Å²) in [6, 6.07) is 0. The minimum atomic E-state index is -0.430. The van der Waals surface area contributed by atoms with E-state index in [4.69, 9.17) is 4.79 Å². The molecule has 1 aliphatic rings. The van der Waals surface area contributed by atoms with Gasteiger partial charge in [-0.1, -0.05) is 0 Å². The maximum absolute atomic E-state index is 9.94. The van der Waals surface area contributed by atoms with Gasteiger partial charge in [0.25, 0.3) is 6.20 Å². The average molecular weight is 204 g/mol. The van der Waals surface area contributed by atoms with Crippen molar-refractivity contribution in [2.24, 2.45) is 0 Å². The van der Waals surface area contributed by atoms with Gasteiger partial charge in [-0.3, -0.25) is 10.1 Å². The monoisotopic (exact) mass is 204 g/mol. The van der Waals surface area contributed by atoms with Crippen molar-refractivity contribution in [2.75, 3.05) is 12.3 Å². The van der Waals surface area contributed by atoms with Gasteiger partial charge in [0, 0.05) is 12.3 Å². The molecule has 0 aromatic rings. The Balaban J connectivity index is 0.000000424. The van der Waals surface area contributed by atoms with Crippen LogP contribution < -0.4 is 5.32 Å². The molecule has 0 aromatic heterocycles. The molecule has 0 saturated carbocycles. The highest BCUT2D eigenvalue weighted by Crippen LogP contribution is 2.17. The second kappa shape index (κ2) is 7.60. The van der Waals surface area contributed by atoms with Gasteiger partial charge in [0.1, 0.15) is 11.3 Å². The Morgan fingerprint density at radius 1 is 1.69 bits per heavy atom. The fourth-order valence-electron chi connectivity index (χ4n) is 0.696. The lowest BCUT2D eigenvalue weighted by atomic mass is 10.5. The minimum Gasteiger partial charge on any atom is -0.375 e. The van der Waals surface area contributed by atoms with Gasteiger partial charge in [-0.25, -0.2) is 0 Å².